The lowest BCUT2D eigenvalue weighted by Crippen LogP contribution is -2.40. The molecule has 0 aromatic rings. The first-order valence-corrected chi connectivity index (χ1v) is 5.91. The molecule has 0 amide bonds. The van der Waals surface area contributed by atoms with Crippen molar-refractivity contribution < 1.29 is 0 Å². The molecule has 0 saturated carbocycles. The smallest absolute Gasteiger partial charge is 0.0107 e. The summed E-state index contributed by atoms with van der Waals surface area (Å²) in [5.74, 6) is 0.924. The van der Waals surface area contributed by atoms with E-state index in [1.54, 1.807) is 0 Å². The number of rotatable bonds is 3. The third kappa shape index (κ3) is 3.58. The Morgan fingerprint density at radius 2 is 1.79 bits per heavy atom. The standard InChI is InChI=1S/C12H26N2/c1-12(2,3)11-5-8-14(9-6-11)10-7-13-4/h11,13H,5-10H2,1-4H3. The fourth-order valence-corrected chi connectivity index (χ4v) is 2.29. The average Bonchev–Trinajstić information content (AvgIpc) is 2.14. The molecule has 1 saturated heterocycles. The molecular formula is C12H26N2. The number of piperidine rings is 1. The van der Waals surface area contributed by atoms with E-state index in [1.165, 1.54) is 32.5 Å². The number of likely N-dealkylation sites (N-methyl/N-ethyl adjacent to an activating group) is 1. The van der Waals surface area contributed by atoms with Crippen molar-refractivity contribution in [1.82, 2.24) is 10.2 Å². The van der Waals surface area contributed by atoms with Gasteiger partial charge in [-0.15, -0.1) is 0 Å². The van der Waals surface area contributed by atoms with Crippen LogP contribution in [0.2, 0.25) is 0 Å². The summed E-state index contributed by atoms with van der Waals surface area (Å²) >= 11 is 0. The first-order valence-electron chi connectivity index (χ1n) is 5.91. The van der Waals surface area contributed by atoms with Crippen LogP contribution in [0.5, 0.6) is 0 Å². The summed E-state index contributed by atoms with van der Waals surface area (Å²) in [7, 11) is 2.03. The molecule has 0 bridgehead atoms. The van der Waals surface area contributed by atoms with E-state index < -0.39 is 0 Å². The van der Waals surface area contributed by atoms with E-state index in [1.807, 2.05) is 7.05 Å². The highest BCUT2D eigenvalue weighted by Crippen LogP contribution is 2.33. The Morgan fingerprint density at radius 1 is 1.21 bits per heavy atom. The molecule has 0 aliphatic carbocycles. The Hall–Kier alpha value is -0.0800. The quantitative estimate of drug-likeness (QED) is 0.746. The zero-order valence-corrected chi connectivity index (χ0v) is 10.3. The second kappa shape index (κ2) is 5.13. The van der Waals surface area contributed by atoms with Gasteiger partial charge in [0.25, 0.3) is 0 Å². The molecule has 0 radical (unpaired) electrons. The van der Waals surface area contributed by atoms with Gasteiger partial charge in [-0.1, -0.05) is 20.8 Å². The Labute approximate surface area is 89.1 Å². The minimum absolute atomic E-state index is 0.509. The largest absolute Gasteiger partial charge is 0.318 e. The summed E-state index contributed by atoms with van der Waals surface area (Å²) in [6, 6.07) is 0. The monoisotopic (exact) mass is 198 g/mol. The number of nitrogens with one attached hydrogen (secondary N) is 1. The maximum absolute atomic E-state index is 3.21. The molecule has 14 heavy (non-hydrogen) atoms. The number of hydrogen-bond acceptors (Lipinski definition) is 2. The first kappa shape index (κ1) is 12.0. The van der Waals surface area contributed by atoms with Gasteiger partial charge in [0.2, 0.25) is 0 Å². The highest BCUT2D eigenvalue weighted by molar-refractivity contribution is 4.80. The van der Waals surface area contributed by atoms with Gasteiger partial charge in [-0.05, 0) is 44.3 Å². The average molecular weight is 198 g/mol. The van der Waals surface area contributed by atoms with E-state index in [4.69, 9.17) is 0 Å². The molecule has 2 heteroatoms. The van der Waals surface area contributed by atoms with Crippen molar-refractivity contribution in [3.05, 3.63) is 0 Å². The second-order valence-corrected chi connectivity index (χ2v) is 5.59. The van der Waals surface area contributed by atoms with Crippen LogP contribution in [0.4, 0.5) is 0 Å². The zero-order valence-electron chi connectivity index (χ0n) is 10.3. The van der Waals surface area contributed by atoms with Crippen molar-refractivity contribution in [3.63, 3.8) is 0 Å². The van der Waals surface area contributed by atoms with Gasteiger partial charge in [-0.2, -0.15) is 0 Å². The maximum Gasteiger partial charge on any atom is 0.0107 e. The summed E-state index contributed by atoms with van der Waals surface area (Å²) in [4.78, 5) is 2.58. The second-order valence-electron chi connectivity index (χ2n) is 5.59. The molecule has 0 unspecified atom stereocenters. The molecular weight excluding hydrogens is 172 g/mol. The predicted octanol–water partition coefficient (Wildman–Crippen LogP) is 1.96. The van der Waals surface area contributed by atoms with Crippen LogP contribution in [-0.2, 0) is 0 Å². The fourth-order valence-electron chi connectivity index (χ4n) is 2.29. The van der Waals surface area contributed by atoms with E-state index >= 15 is 0 Å². The van der Waals surface area contributed by atoms with Crippen LogP contribution in [0.3, 0.4) is 0 Å². The normalized spacial score (nSPS) is 21.4. The lowest BCUT2D eigenvalue weighted by Gasteiger charge is -2.38. The summed E-state index contributed by atoms with van der Waals surface area (Å²) in [5, 5.41) is 3.21. The van der Waals surface area contributed by atoms with E-state index in [0.717, 1.165) is 12.5 Å². The van der Waals surface area contributed by atoms with Gasteiger partial charge < -0.3 is 10.2 Å². The van der Waals surface area contributed by atoms with Crippen LogP contribution in [-0.4, -0.2) is 38.1 Å². The summed E-state index contributed by atoms with van der Waals surface area (Å²) in [5.41, 5.74) is 0.509. The van der Waals surface area contributed by atoms with Gasteiger partial charge in [-0.25, -0.2) is 0 Å². The molecule has 84 valence electrons. The number of likely N-dealkylation sites (tertiary alicyclic amines) is 1. The van der Waals surface area contributed by atoms with Crippen LogP contribution < -0.4 is 5.32 Å². The third-order valence-electron chi connectivity index (χ3n) is 3.49. The Kier molecular flexibility index (Phi) is 4.39. The van der Waals surface area contributed by atoms with Crippen LogP contribution >= 0.6 is 0 Å². The molecule has 1 aliphatic heterocycles. The van der Waals surface area contributed by atoms with Crippen LogP contribution in [0.1, 0.15) is 33.6 Å². The highest BCUT2D eigenvalue weighted by Gasteiger charge is 2.28. The number of nitrogens with zero attached hydrogens (tertiary/aromatic N) is 1. The van der Waals surface area contributed by atoms with Crippen molar-refractivity contribution in [1.29, 1.82) is 0 Å². The van der Waals surface area contributed by atoms with E-state index in [0.29, 0.717) is 5.41 Å². The van der Waals surface area contributed by atoms with Crippen molar-refractivity contribution >= 4 is 0 Å². The molecule has 0 spiro atoms. The molecule has 1 heterocycles. The van der Waals surface area contributed by atoms with Gasteiger partial charge >= 0.3 is 0 Å². The van der Waals surface area contributed by atoms with Crippen LogP contribution in [0.25, 0.3) is 0 Å². The molecule has 1 N–H and O–H groups in total. The Balaban J connectivity index is 2.24. The summed E-state index contributed by atoms with van der Waals surface area (Å²) in [6.07, 6.45) is 2.76. The molecule has 1 aliphatic rings. The SMILES string of the molecule is CNCCN1CCC(C(C)(C)C)CC1. The lowest BCUT2D eigenvalue weighted by atomic mass is 9.75. The first-order chi connectivity index (χ1) is 6.54. The van der Waals surface area contributed by atoms with Gasteiger partial charge in [0.05, 0.1) is 0 Å². The van der Waals surface area contributed by atoms with Crippen LogP contribution in [0.15, 0.2) is 0 Å². The van der Waals surface area contributed by atoms with Crippen molar-refractivity contribution in [2.45, 2.75) is 33.6 Å². The minimum Gasteiger partial charge on any atom is -0.318 e. The number of hydrogen-bond donors (Lipinski definition) is 1. The van der Waals surface area contributed by atoms with E-state index in [2.05, 4.69) is 31.0 Å². The molecule has 0 aromatic carbocycles. The molecule has 1 fully saturated rings. The highest BCUT2D eigenvalue weighted by atomic mass is 15.1. The van der Waals surface area contributed by atoms with E-state index in [9.17, 15) is 0 Å². The molecule has 0 aromatic heterocycles. The zero-order chi connectivity index (χ0) is 10.6. The Morgan fingerprint density at radius 3 is 2.21 bits per heavy atom. The van der Waals surface area contributed by atoms with E-state index in [-0.39, 0.29) is 0 Å². The summed E-state index contributed by atoms with van der Waals surface area (Å²) in [6.45, 7) is 12.1. The van der Waals surface area contributed by atoms with Crippen molar-refractivity contribution in [2.75, 3.05) is 33.2 Å². The molecule has 0 atom stereocenters. The summed E-state index contributed by atoms with van der Waals surface area (Å²) < 4.78 is 0. The van der Waals surface area contributed by atoms with Gasteiger partial charge in [0.15, 0.2) is 0 Å². The van der Waals surface area contributed by atoms with Crippen molar-refractivity contribution in [2.24, 2.45) is 11.3 Å². The van der Waals surface area contributed by atoms with Gasteiger partial charge in [-0.3, -0.25) is 0 Å². The van der Waals surface area contributed by atoms with Gasteiger partial charge in [0.1, 0.15) is 0 Å². The lowest BCUT2D eigenvalue weighted by molar-refractivity contribution is 0.113. The minimum atomic E-state index is 0.509. The topological polar surface area (TPSA) is 15.3 Å². The Bertz CT molecular complexity index is 152. The third-order valence-corrected chi connectivity index (χ3v) is 3.49. The maximum atomic E-state index is 3.21. The molecule has 1 rings (SSSR count). The molecule has 2 nitrogen and oxygen atoms in total. The van der Waals surface area contributed by atoms with Gasteiger partial charge in [0, 0.05) is 13.1 Å². The van der Waals surface area contributed by atoms with Crippen molar-refractivity contribution in [3.8, 4) is 0 Å². The predicted molar refractivity (Wildman–Crippen MR) is 62.5 cm³/mol. The van der Waals surface area contributed by atoms with Crippen LogP contribution in [0, 0.1) is 11.3 Å². The fraction of sp³-hybridized carbons (Fsp3) is 1.00.